The number of nitrogens with zero attached hydrogens (tertiary/aromatic N) is 1. The second-order valence-corrected chi connectivity index (χ2v) is 3.70. The van der Waals surface area contributed by atoms with E-state index in [1.54, 1.807) is 0 Å². The second-order valence-electron chi connectivity index (χ2n) is 2.90. The predicted molar refractivity (Wildman–Crippen MR) is 49.5 cm³/mol. The van der Waals surface area contributed by atoms with Crippen molar-refractivity contribution >= 4 is 28.0 Å². The first kappa shape index (κ1) is 9.86. The Morgan fingerprint density at radius 1 is 1.67 bits per heavy atom. The SMILES string of the molecule is O=CC(=O)C1CCCN1CCBr. The first-order valence-electron chi connectivity index (χ1n) is 4.08. The van der Waals surface area contributed by atoms with Crippen LogP contribution in [0.2, 0.25) is 0 Å². The van der Waals surface area contributed by atoms with Crippen LogP contribution < -0.4 is 0 Å². The monoisotopic (exact) mass is 233 g/mol. The summed E-state index contributed by atoms with van der Waals surface area (Å²) in [5, 5.41) is 0.857. The fraction of sp³-hybridized carbons (Fsp3) is 0.750. The number of aldehydes is 1. The highest BCUT2D eigenvalue weighted by atomic mass is 79.9. The third kappa shape index (κ3) is 2.14. The van der Waals surface area contributed by atoms with Crippen molar-refractivity contribution in [2.24, 2.45) is 0 Å². The molecule has 1 unspecified atom stereocenters. The molecule has 0 spiro atoms. The number of halogens is 1. The van der Waals surface area contributed by atoms with Crippen molar-refractivity contribution in [2.75, 3.05) is 18.4 Å². The van der Waals surface area contributed by atoms with Crippen LogP contribution in [0.25, 0.3) is 0 Å². The molecule has 0 aromatic carbocycles. The van der Waals surface area contributed by atoms with Crippen LogP contribution in [-0.4, -0.2) is 41.4 Å². The lowest BCUT2D eigenvalue weighted by atomic mass is 10.1. The molecule has 0 bridgehead atoms. The van der Waals surface area contributed by atoms with E-state index in [4.69, 9.17) is 0 Å². The van der Waals surface area contributed by atoms with E-state index in [0.717, 1.165) is 31.3 Å². The molecule has 1 aliphatic rings. The minimum Gasteiger partial charge on any atom is -0.295 e. The normalized spacial score (nSPS) is 24.2. The zero-order valence-electron chi connectivity index (χ0n) is 6.83. The summed E-state index contributed by atoms with van der Waals surface area (Å²) in [5.41, 5.74) is 0. The maximum Gasteiger partial charge on any atom is 0.212 e. The smallest absolute Gasteiger partial charge is 0.212 e. The van der Waals surface area contributed by atoms with Gasteiger partial charge in [-0.05, 0) is 19.4 Å². The maximum atomic E-state index is 11.1. The number of hydrogen-bond acceptors (Lipinski definition) is 3. The Morgan fingerprint density at radius 2 is 2.42 bits per heavy atom. The summed E-state index contributed by atoms with van der Waals surface area (Å²) in [5.74, 6) is -0.270. The van der Waals surface area contributed by atoms with Crippen molar-refractivity contribution in [1.82, 2.24) is 4.90 Å². The van der Waals surface area contributed by atoms with E-state index in [1.165, 1.54) is 0 Å². The van der Waals surface area contributed by atoms with Gasteiger partial charge in [0.2, 0.25) is 5.78 Å². The van der Waals surface area contributed by atoms with E-state index >= 15 is 0 Å². The van der Waals surface area contributed by atoms with Crippen LogP contribution in [0.3, 0.4) is 0 Å². The van der Waals surface area contributed by atoms with Gasteiger partial charge in [0.1, 0.15) is 0 Å². The molecule has 12 heavy (non-hydrogen) atoms. The number of hydrogen-bond donors (Lipinski definition) is 0. The molecular weight excluding hydrogens is 222 g/mol. The largest absolute Gasteiger partial charge is 0.295 e. The van der Waals surface area contributed by atoms with Crippen molar-refractivity contribution < 1.29 is 9.59 Å². The van der Waals surface area contributed by atoms with Gasteiger partial charge < -0.3 is 0 Å². The van der Waals surface area contributed by atoms with Gasteiger partial charge in [0.05, 0.1) is 6.04 Å². The van der Waals surface area contributed by atoms with E-state index in [0.29, 0.717) is 6.29 Å². The van der Waals surface area contributed by atoms with Gasteiger partial charge in [-0.15, -0.1) is 0 Å². The molecule has 1 atom stereocenters. The average molecular weight is 234 g/mol. The third-order valence-electron chi connectivity index (χ3n) is 2.18. The Balaban J connectivity index is 2.51. The summed E-state index contributed by atoms with van der Waals surface area (Å²) < 4.78 is 0. The Hall–Kier alpha value is -0.220. The highest BCUT2D eigenvalue weighted by Gasteiger charge is 2.29. The van der Waals surface area contributed by atoms with Gasteiger partial charge in [-0.2, -0.15) is 0 Å². The van der Waals surface area contributed by atoms with Gasteiger partial charge in [-0.1, -0.05) is 15.9 Å². The molecule has 0 N–H and O–H groups in total. The number of alkyl halides is 1. The topological polar surface area (TPSA) is 37.4 Å². The van der Waals surface area contributed by atoms with Crippen LogP contribution in [0.15, 0.2) is 0 Å². The van der Waals surface area contributed by atoms with E-state index in [9.17, 15) is 9.59 Å². The van der Waals surface area contributed by atoms with Gasteiger partial charge >= 0.3 is 0 Å². The molecule has 0 aliphatic carbocycles. The van der Waals surface area contributed by atoms with Crippen LogP contribution >= 0.6 is 15.9 Å². The first-order valence-corrected chi connectivity index (χ1v) is 5.20. The summed E-state index contributed by atoms with van der Waals surface area (Å²) in [6.07, 6.45) is 2.30. The molecule has 1 heterocycles. The Kier molecular flexibility index (Phi) is 3.88. The minimum atomic E-state index is -0.270. The summed E-state index contributed by atoms with van der Waals surface area (Å²) in [6, 6.07) is -0.139. The fourth-order valence-corrected chi connectivity index (χ4v) is 2.06. The molecule has 0 saturated carbocycles. The van der Waals surface area contributed by atoms with E-state index < -0.39 is 0 Å². The van der Waals surface area contributed by atoms with E-state index in [1.807, 2.05) is 0 Å². The molecule has 1 aliphatic heterocycles. The Labute approximate surface area is 80.2 Å². The van der Waals surface area contributed by atoms with Gasteiger partial charge in [-0.25, -0.2) is 0 Å². The van der Waals surface area contributed by atoms with E-state index in [-0.39, 0.29) is 11.8 Å². The van der Waals surface area contributed by atoms with Crippen molar-refractivity contribution in [1.29, 1.82) is 0 Å². The fourth-order valence-electron chi connectivity index (χ4n) is 1.60. The Morgan fingerprint density at radius 3 is 3.00 bits per heavy atom. The van der Waals surface area contributed by atoms with Gasteiger partial charge in [-0.3, -0.25) is 14.5 Å². The summed E-state index contributed by atoms with van der Waals surface area (Å²) in [7, 11) is 0. The zero-order valence-corrected chi connectivity index (χ0v) is 8.42. The minimum absolute atomic E-state index is 0.139. The van der Waals surface area contributed by atoms with Crippen LogP contribution in [0.5, 0.6) is 0 Å². The van der Waals surface area contributed by atoms with Gasteiger partial charge in [0.25, 0.3) is 0 Å². The van der Waals surface area contributed by atoms with E-state index in [2.05, 4.69) is 20.8 Å². The van der Waals surface area contributed by atoms with Gasteiger partial charge in [0.15, 0.2) is 6.29 Å². The standard InChI is InChI=1S/C8H12BrNO2/c9-3-5-10-4-1-2-7(10)8(12)6-11/h6-7H,1-5H2. The molecular formula is C8H12BrNO2. The number of ketones is 1. The molecule has 0 radical (unpaired) electrons. The molecule has 68 valence electrons. The van der Waals surface area contributed by atoms with Crippen LogP contribution in [0, 0.1) is 0 Å². The molecule has 1 saturated heterocycles. The molecule has 3 nitrogen and oxygen atoms in total. The average Bonchev–Trinajstić information content (AvgIpc) is 2.52. The maximum absolute atomic E-state index is 11.1. The second kappa shape index (κ2) is 4.72. The Bertz CT molecular complexity index is 184. The van der Waals surface area contributed by atoms with Crippen molar-refractivity contribution in [2.45, 2.75) is 18.9 Å². The highest BCUT2D eigenvalue weighted by molar-refractivity contribution is 9.09. The lowest BCUT2D eigenvalue weighted by Gasteiger charge is -2.19. The lowest BCUT2D eigenvalue weighted by Crippen LogP contribution is -2.37. The summed E-state index contributed by atoms with van der Waals surface area (Å²) >= 11 is 3.32. The summed E-state index contributed by atoms with van der Waals surface area (Å²) in [6.45, 7) is 1.79. The summed E-state index contributed by atoms with van der Waals surface area (Å²) in [4.78, 5) is 23.4. The molecule has 0 aromatic heterocycles. The highest BCUT2D eigenvalue weighted by Crippen LogP contribution is 2.17. The number of likely N-dealkylation sites (tertiary alicyclic amines) is 1. The zero-order chi connectivity index (χ0) is 8.97. The number of rotatable bonds is 4. The number of carbonyl (C=O) groups excluding carboxylic acids is 2. The van der Waals surface area contributed by atoms with Gasteiger partial charge in [0, 0.05) is 11.9 Å². The quantitative estimate of drug-likeness (QED) is 0.406. The molecule has 1 fully saturated rings. The molecule has 4 heteroatoms. The number of Topliss-reactive ketones (excluding diaryl/α,β-unsaturated/α-hetero) is 1. The third-order valence-corrected chi connectivity index (χ3v) is 2.53. The number of carbonyl (C=O) groups is 2. The van der Waals surface area contributed by atoms with Crippen LogP contribution in [-0.2, 0) is 9.59 Å². The molecule has 0 aromatic rings. The lowest BCUT2D eigenvalue weighted by molar-refractivity contribution is -0.132. The van der Waals surface area contributed by atoms with Crippen molar-refractivity contribution in [3.63, 3.8) is 0 Å². The van der Waals surface area contributed by atoms with Crippen molar-refractivity contribution in [3.8, 4) is 0 Å². The van der Waals surface area contributed by atoms with Crippen molar-refractivity contribution in [3.05, 3.63) is 0 Å². The molecule has 0 amide bonds. The van der Waals surface area contributed by atoms with Crippen LogP contribution in [0.4, 0.5) is 0 Å². The van der Waals surface area contributed by atoms with Crippen LogP contribution in [0.1, 0.15) is 12.8 Å². The molecule has 1 rings (SSSR count). The first-order chi connectivity index (χ1) is 5.79. The predicted octanol–water partition coefficient (Wildman–Crippen LogP) is 0.614.